The van der Waals surface area contributed by atoms with Crippen molar-refractivity contribution in [2.75, 3.05) is 0 Å². The van der Waals surface area contributed by atoms with Gasteiger partial charge in [0.25, 0.3) is 0 Å². The molecule has 0 aliphatic heterocycles. The zero-order valence-corrected chi connectivity index (χ0v) is 11.0. The zero-order chi connectivity index (χ0) is 13.8. The van der Waals surface area contributed by atoms with Gasteiger partial charge in [0.15, 0.2) is 6.10 Å². The summed E-state index contributed by atoms with van der Waals surface area (Å²) in [5.41, 5.74) is 0.287. The molecule has 0 amide bonds. The highest BCUT2D eigenvalue weighted by Crippen LogP contribution is 2.19. The highest BCUT2D eigenvalue weighted by Gasteiger charge is 2.17. The molecule has 19 heavy (non-hydrogen) atoms. The number of rotatable bonds is 4. The summed E-state index contributed by atoms with van der Waals surface area (Å²) in [6.07, 6.45) is -0.708. The van der Waals surface area contributed by atoms with Gasteiger partial charge in [0.05, 0.1) is 0 Å². The van der Waals surface area contributed by atoms with E-state index < -0.39 is 11.9 Å². The molecule has 0 aliphatic carbocycles. The monoisotopic (exact) mass is 278 g/mol. The molecular weight excluding hydrogens is 267 g/mol. The molecule has 0 fully saturated rings. The van der Waals surface area contributed by atoms with E-state index >= 15 is 0 Å². The second kappa shape index (κ2) is 5.85. The van der Waals surface area contributed by atoms with Crippen molar-refractivity contribution in [2.24, 2.45) is 0 Å². The number of carbonyl (C=O) groups is 1. The van der Waals surface area contributed by atoms with Gasteiger partial charge in [0.2, 0.25) is 5.78 Å². The third-order valence-electron chi connectivity index (χ3n) is 2.59. The topological polar surface area (TPSA) is 26.3 Å². The fourth-order valence-electron chi connectivity index (χ4n) is 1.67. The van der Waals surface area contributed by atoms with Crippen LogP contribution in [0.15, 0.2) is 48.5 Å². The molecule has 0 bridgehead atoms. The molecule has 0 saturated heterocycles. The van der Waals surface area contributed by atoms with Crippen molar-refractivity contribution in [3.63, 3.8) is 0 Å². The summed E-state index contributed by atoms with van der Waals surface area (Å²) in [5, 5.41) is 0.530. The van der Waals surface area contributed by atoms with Gasteiger partial charge in [-0.2, -0.15) is 0 Å². The highest BCUT2D eigenvalue weighted by atomic mass is 35.5. The Bertz CT molecular complexity index is 598. The van der Waals surface area contributed by atoms with Crippen LogP contribution in [0, 0.1) is 5.82 Å². The summed E-state index contributed by atoms with van der Waals surface area (Å²) < 4.78 is 18.6. The molecule has 2 rings (SSSR count). The molecule has 0 radical (unpaired) electrons. The molecule has 1 atom stereocenters. The average molecular weight is 279 g/mol. The van der Waals surface area contributed by atoms with Crippen LogP contribution in [-0.4, -0.2) is 11.9 Å². The van der Waals surface area contributed by atoms with Crippen LogP contribution in [0.2, 0.25) is 5.02 Å². The molecule has 1 unspecified atom stereocenters. The Labute approximate surface area is 115 Å². The van der Waals surface area contributed by atoms with Crippen molar-refractivity contribution in [3.05, 3.63) is 64.9 Å². The molecule has 0 heterocycles. The summed E-state index contributed by atoms with van der Waals surface area (Å²) in [6.45, 7) is 1.62. The summed E-state index contributed by atoms with van der Waals surface area (Å²) in [4.78, 5) is 12.1. The molecule has 0 aromatic heterocycles. The van der Waals surface area contributed by atoms with Crippen LogP contribution in [0.4, 0.5) is 4.39 Å². The molecule has 2 aromatic rings. The Balaban J connectivity index is 2.12. The maximum Gasteiger partial charge on any atom is 0.203 e. The van der Waals surface area contributed by atoms with Gasteiger partial charge in [-0.1, -0.05) is 29.8 Å². The smallest absolute Gasteiger partial charge is 0.203 e. The Morgan fingerprint density at radius 2 is 1.95 bits per heavy atom. The van der Waals surface area contributed by atoms with E-state index in [-0.39, 0.29) is 11.3 Å². The number of benzene rings is 2. The number of ketones is 1. The number of hydrogen-bond donors (Lipinski definition) is 0. The first-order valence-electron chi connectivity index (χ1n) is 5.78. The minimum atomic E-state index is -0.708. The SMILES string of the molecule is CC(Oc1cccc(Cl)c1)C(=O)c1cccc(F)c1. The Morgan fingerprint density at radius 1 is 1.21 bits per heavy atom. The number of ether oxygens (including phenoxy) is 1. The minimum absolute atomic E-state index is 0.278. The fourth-order valence-corrected chi connectivity index (χ4v) is 1.85. The molecule has 0 spiro atoms. The van der Waals surface area contributed by atoms with Crippen LogP contribution in [-0.2, 0) is 0 Å². The molecule has 2 aromatic carbocycles. The van der Waals surface area contributed by atoms with Crippen LogP contribution in [0.3, 0.4) is 0 Å². The van der Waals surface area contributed by atoms with Crippen molar-refractivity contribution in [3.8, 4) is 5.75 Å². The van der Waals surface area contributed by atoms with Crippen LogP contribution >= 0.6 is 11.6 Å². The van der Waals surface area contributed by atoms with Crippen LogP contribution in [0.25, 0.3) is 0 Å². The largest absolute Gasteiger partial charge is 0.483 e. The Morgan fingerprint density at radius 3 is 2.63 bits per heavy atom. The van der Waals surface area contributed by atoms with Crippen molar-refractivity contribution in [1.82, 2.24) is 0 Å². The van der Waals surface area contributed by atoms with E-state index in [1.165, 1.54) is 18.2 Å². The molecule has 0 saturated carbocycles. The third kappa shape index (κ3) is 3.55. The van der Waals surface area contributed by atoms with Gasteiger partial charge in [-0.05, 0) is 37.3 Å². The van der Waals surface area contributed by atoms with Crippen molar-refractivity contribution >= 4 is 17.4 Å². The predicted molar refractivity (Wildman–Crippen MR) is 72.3 cm³/mol. The van der Waals surface area contributed by atoms with Crippen LogP contribution in [0.1, 0.15) is 17.3 Å². The van der Waals surface area contributed by atoms with E-state index in [1.54, 1.807) is 37.3 Å². The Kier molecular flexibility index (Phi) is 4.17. The second-order valence-electron chi connectivity index (χ2n) is 4.09. The maximum absolute atomic E-state index is 13.1. The van der Waals surface area contributed by atoms with Gasteiger partial charge in [0.1, 0.15) is 11.6 Å². The van der Waals surface area contributed by atoms with Crippen molar-refractivity contribution in [2.45, 2.75) is 13.0 Å². The lowest BCUT2D eigenvalue weighted by Crippen LogP contribution is -2.23. The lowest BCUT2D eigenvalue weighted by atomic mass is 10.1. The van der Waals surface area contributed by atoms with E-state index in [0.29, 0.717) is 10.8 Å². The van der Waals surface area contributed by atoms with Gasteiger partial charge < -0.3 is 4.74 Å². The first-order valence-corrected chi connectivity index (χ1v) is 6.16. The quantitative estimate of drug-likeness (QED) is 0.786. The average Bonchev–Trinajstić information content (AvgIpc) is 2.38. The van der Waals surface area contributed by atoms with E-state index in [2.05, 4.69) is 0 Å². The highest BCUT2D eigenvalue weighted by molar-refractivity contribution is 6.30. The molecular formula is C15H12ClFO2. The molecule has 4 heteroatoms. The lowest BCUT2D eigenvalue weighted by molar-refractivity contribution is 0.0817. The van der Waals surface area contributed by atoms with Gasteiger partial charge >= 0.3 is 0 Å². The molecule has 0 N–H and O–H groups in total. The normalized spacial score (nSPS) is 11.9. The number of halogens is 2. The van der Waals surface area contributed by atoms with E-state index in [0.717, 1.165) is 0 Å². The molecule has 98 valence electrons. The fraction of sp³-hybridized carbons (Fsp3) is 0.133. The van der Waals surface area contributed by atoms with E-state index in [4.69, 9.17) is 16.3 Å². The summed E-state index contributed by atoms with van der Waals surface area (Å²) in [5.74, 6) is -0.218. The summed E-state index contributed by atoms with van der Waals surface area (Å²) in [6, 6.07) is 12.3. The van der Waals surface area contributed by atoms with Crippen LogP contribution < -0.4 is 4.74 Å². The number of Topliss-reactive ketones (excluding diaryl/α,β-unsaturated/α-hetero) is 1. The van der Waals surface area contributed by atoms with Crippen molar-refractivity contribution < 1.29 is 13.9 Å². The number of carbonyl (C=O) groups excluding carboxylic acids is 1. The Hall–Kier alpha value is -1.87. The van der Waals surface area contributed by atoms with Gasteiger partial charge in [-0.15, -0.1) is 0 Å². The minimum Gasteiger partial charge on any atom is -0.483 e. The first kappa shape index (κ1) is 13.6. The number of hydrogen-bond acceptors (Lipinski definition) is 2. The first-order chi connectivity index (χ1) is 9.06. The van der Waals surface area contributed by atoms with E-state index in [1.807, 2.05) is 0 Å². The predicted octanol–water partition coefficient (Wildman–Crippen LogP) is 4.13. The standard InChI is InChI=1S/C15H12ClFO2/c1-10(19-14-7-3-5-12(16)9-14)15(18)11-4-2-6-13(17)8-11/h2-10H,1H3. The lowest BCUT2D eigenvalue weighted by Gasteiger charge is -2.13. The van der Waals surface area contributed by atoms with Crippen LogP contribution in [0.5, 0.6) is 5.75 Å². The van der Waals surface area contributed by atoms with Gasteiger partial charge in [-0.3, -0.25) is 4.79 Å². The van der Waals surface area contributed by atoms with E-state index in [9.17, 15) is 9.18 Å². The molecule has 2 nitrogen and oxygen atoms in total. The zero-order valence-electron chi connectivity index (χ0n) is 10.3. The third-order valence-corrected chi connectivity index (χ3v) is 2.82. The summed E-state index contributed by atoms with van der Waals surface area (Å²) >= 11 is 5.83. The maximum atomic E-state index is 13.1. The molecule has 0 aliphatic rings. The van der Waals surface area contributed by atoms with Gasteiger partial charge in [0, 0.05) is 10.6 Å². The second-order valence-corrected chi connectivity index (χ2v) is 4.53. The van der Waals surface area contributed by atoms with Crippen molar-refractivity contribution in [1.29, 1.82) is 0 Å². The summed E-state index contributed by atoms with van der Waals surface area (Å²) in [7, 11) is 0. The van der Waals surface area contributed by atoms with Gasteiger partial charge in [-0.25, -0.2) is 4.39 Å².